The molecule has 1 unspecified atom stereocenters. The summed E-state index contributed by atoms with van der Waals surface area (Å²) in [5.74, 6) is -0.959. The van der Waals surface area contributed by atoms with E-state index >= 15 is 0 Å². The Kier molecular flexibility index (Phi) is 8.32. The Balaban J connectivity index is 4.31. The van der Waals surface area contributed by atoms with Crippen LogP contribution in [0.2, 0.25) is 0 Å². The lowest BCUT2D eigenvalue weighted by Gasteiger charge is -2.31. The molecule has 1 amide bonds. The number of carbonyl (C=O) groups excluding carboxylic acids is 1. The smallest absolute Gasteiger partial charge is 0.304 e. The van der Waals surface area contributed by atoms with Crippen molar-refractivity contribution < 1.29 is 19.4 Å². The van der Waals surface area contributed by atoms with Gasteiger partial charge in [-0.25, -0.2) is 0 Å². The van der Waals surface area contributed by atoms with Gasteiger partial charge in [0, 0.05) is 26.2 Å². The SMILES string of the molecule is COCCNC(=O)C(C)N(CCC(=O)O)C(C)C. The molecule has 0 aliphatic heterocycles. The van der Waals surface area contributed by atoms with Crippen LogP contribution in [-0.4, -0.2) is 60.8 Å². The number of methoxy groups -OCH3 is 1. The van der Waals surface area contributed by atoms with E-state index in [0.29, 0.717) is 19.7 Å². The van der Waals surface area contributed by atoms with Gasteiger partial charge in [-0.2, -0.15) is 0 Å². The van der Waals surface area contributed by atoms with E-state index in [1.807, 2.05) is 18.7 Å². The number of carboxylic acid groups (broad SMARTS) is 1. The van der Waals surface area contributed by atoms with E-state index in [9.17, 15) is 9.59 Å². The average Bonchev–Trinajstić information content (AvgIpc) is 2.28. The van der Waals surface area contributed by atoms with Gasteiger partial charge in [0.25, 0.3) is 0 Å². The number of hydrogen-bond acceptors (Lipinski definition) is 4. The minimum absolute atomic E-state index is 0.0356. The van der Waals surface area contributed by atoms with E-state index in [0.717, 1.165) is 0 Å². The van der Waals surface area contributed by atoms with Crippen LogP contribution in [0.15, 0.2) is 0 Å². The molecule has 0 heterocycles. The number of nitrogens with zero attached hydrogens (tertiary/aromatic N) is 1. The van der Waals surface area contributed by atoms with Gasteiger partial charge >= 0.3 is 5.97 Å². The second-order valence-corrected chi connectivity index (χ2v) is 4.44. The van der Waals surface area contributed by atoms with Crippen LogP contribution in [0, 0.1) is 0 Å². The molecule has 0 aromatic rings. The summed E-state index contributed by atoms with van der Waals surface area (Å²) in [6.45, 7) is 6.97. The molecule has 0 fully saturated rings. The maximum Gasteiger partial charge on any atom is 0.304 e. The molecule has 0 bridgehead atoms. The standard InChI is InChI=1S/C12H24N2O4/c1-9(2)14(7-5-11(15)16)10(3)12(17)13-6-8-18-4/h9-10H,5-8H2,1-4H3,(H,13,17)(H,15,16). The minimum Gasteiger partial charge on any atom is -0.481 e. The van der Waals surface area contributed by atoms with Crippen LogP contribution >= 0.6 is 0 Å². The first-order chi connectivity index (χ1) is 8.40. The molecule has 0 aliphatic rings. The third kappa shape index (κ3) is 6.56. The summed E-state index contributed by atoms with van der Waals surface area (Å²) < 4.78 is 4.85. The predicted octanol–water partition coefficient (Wildman–Crippen LogP) is 0.323. The summed E-state index contributed by atoms with van der Waals surface area (Å²) in [5, 5.41) is 11.4. The van der Waals surface area contributed by atoms with E-state index in [2.05, 4.69) is 5.32 Å². The molecule has 0 saturated carbocycles. The first-order valence-electron chi connectivity index (χ1n) is 6.14. The highest BCUT2D eigenvalue weighted by Crippen LogP contribution is 2.06. The molecule has 1 atom stereocenters. The van der Waals surface area contributed by atoms with Gasteiger partial charge in [0.1, 0.15) is 0 Å². The van der Waals surface area contributed by atoms with Gasteiger partial charge in [0.05, 0.1) is 19.1 Å². The van der Waals surface area contributed by atoms with E-state index < -0.39 is 5.97 Å². The monoisotopic (exact) mass is 260 g/mol. The minimum atomic E-state index is -0.854. The van der Waals surface area contributed by atoms with Gasteiger partial charge in [0.2, 0.25) is 5.91 Å². The van der Waals surface area contributed by atoms with Crippen LogP contribution < -0.4 is 5.32 Å². The number of rotatable bonds is 9. The van der Waals surface area contributed by atoms with Crippen LogP contribution in [0.25, 0.3) is 0 Å². The van der Waals surface area contributed by atoms with Crippen LogP contribution in [0.1, 0.15) is 27.2 Å². The van der Waals surface area contributed by atoms with Crippen molar-refractivity contribution in [2.24, 2.45) is 0 Å². The van der Waals surface area contributed by atoms with Gasteiger partial charge in [-0.05, 0) is 20.8 Å². The number of hydrogen-bond donors (Lipinski definition) is 2. The van der Waals surface area contributed by atoms with Crippen LogP contribution in [-0.2, 0) is 14.3 Å². The molecular formula is C12H24N2O4. The van der Waals surface area contributed by atoms with Gasteiger partial charge < -0.3 is 15.2 Å². The fourth-order valence-corrected chi connectivity index (χ4v) is 1.70. The topological polar surface area (TPSA) is 78.9 Å². The quantitative estimate of drug-likeness (QED) is 0.584. The van der Waals surface area contributed by atoms with E-state index in [4.69, 9.17) is 9.84 Å². The van der Waals surface area contributed by atoms with Crippen molar-refractivity contribution in [2.75, 3.05) is 26.8 Å². The fraction of sp³-hybridized carbons (Fsp3) is 0.833. The van der Waals surface area contributed by atoms with Crippen LogP contribution in [0.3, 0.4) is 0 Å². The zero-order valence-corrected chi connectivity index (χ0v) is 11.6. The lowest BCUT2D eigenvalue weighted by Crippen LogP contribution is -2.49. The summed E-state index contributed by atoms with van der Waals surface area (Å²) in [4.78, 5) is 24.3. The normalized spacial score (nSPS) is 12.8. The van der Waals surface area contributed by atoms with E-state index in [-0.39, 0.29) is 24.4 Å². The van der Waals surface area contributed by atoms with Crippen LogP contribution in [0.5, 0.6) is 0 Å². The fourth-order valence-electron chi connectivity index (χ4n) is 1.70. The molecule has 0 aliphatic carbocycles. The molecule has 6 nitrogen and oxygen atoms in total. The highest BCUT2D eigenvalue weighted by molar-refractivity contribution is 5.81. The lowest BCUT2D eigenvalue weighted by atomic mass is 10.2. The first-order valence-corrected chi connectivity index (χ1v) is 6.14. The Hall–Kier alpha value is -1.14. The van der Waals surface area contributed by atoms with Gasteiger partial charge in [-0.3, -0.25) is 14.5 Å². The highest BCUT2D eigenvalue weighted by atomic mass is 16.5. The van der Waals surface area contributed by atoms with E-state index in [1.54, 1.807) is 14.0 Å². The molecule has 0 saturated heterocycles. The third-order valence-electron chi connectivity index (χ3n) is 2.73. The molecule has 6 heteroatoms. The summed E-state index contributed by atoms with van der Waals surface area (Å²) in [5.41, 5.74) is 0. The molecular weight excluding hydrogens is 236 g/mol. The van der Waals surface area contributed by atoms with Crippen molar-refractivity contribution in [1.29, 1.82) is 0 Å². The number of carboxylic acids is 1. The highest BCUT2D eigenvalue weighted by Gasteiger charge is 2.23. The van der Waals surface area contributed by atoms with Crippen LogP contribution in [0.4, 0.5) is 0 Å². The molecule has 0 rings (SSSR count). The van der Waals surface area contributed by atoms with Gasteiger partial charge in [-0.15, -0.1) is 0 Å². The van der Waals surface area contributed by atoms with Crippen molar-refractivity contribution in [3.63, 3.8) is 0 Å². The molecule has 2 N–H and O–H groups in total. The van der Waals surface area contributed by atoms with Crippen molar-refractivity contribution >= 4 is 11.9 Å². The number of nitrogens with one attached hydrogen (secondary N) is 1. The Morgan fingerprint density at radius 3 is 2.39 bits per heavy atom. The summed E-state index contributed by atoms with van der Waals surface area (Å²) in [7, 11) is 1.57. The zero-order chi connectivity index (χ0) is 14.1. The van der Waals surface area contributed by atoms with Gasteiger partial charge in [-0.1, -0.05) is 0 Å². The average molecular weight is 260 g/mol. The van der Waals surface area contributed by atoms with E-state index in [1.165, 1.54) is 0 Å². The summed E-state index contributed by atoms with van der Waals surface area (Å²) >= 11 is 0. The summed E-state index contributed by atoms with van der Waals surface area (Å²) in [6.07, 6.45) is 0.0356. The Morgan fingerprint density at radius 2 is 1.94 bits per heavy atom. The van der Waals surface area contributed by atoms with Gasteiger partial charge in [0.15, 0.2) is 0 Å². The molecule has 0 aromatic carbocycles. The second-order valence-electron chi connectivity index (χ2n) is 4.44. The summed E-state index contributed by atoms with van der Waals surface area (Å²) in [6, 6.07) is -0.228. The van der Waals surface area contributed by atoms with Crippen molar-refractivity contribution in [1.82, 2.24) is 10.2 Å². The largest absolute Gasteiger partial charge is 0.481 e. The molecule has 106 valence electrons. The molecule has 0 radical (unpaired) electrons. The molecule has 0 spiro atoms. The zero-order valence-electron chi connectivity index (χ0n) is 11.6. The van der Waals surface area contributed by atoms with Crippen molar-refractivity contribution in [3.05, 3.63) is 0 Å². The number of amides is 1. The maximum absolute atomic E-state index is 11.9. The third-order valence-corrected chi connectivity index (χ3v) is 2.73. The molecule has 0 aromatic heterocycles. The number of ether oxygens (including phenoxy) is 1. The first kappa shape index (κ1) is 16.9. The maximum atomic E-state index is 11.9. The Morgan fingerprint density at radius 1 is 1.33 bits per heavy atom. The Labute approximate surface area is 108 Å². The Bertz CT molecular complexity index is 269. The van der Waals surface area contributed by atoms with Crippen molar-refractivity contribution in [2.45, 2.75) is 39.3 Å². The second kappa shape index (κ2) is 8.88. The van der Waals surface area contributed by atoms with Crippen molar-refractivity contribution in [3.8, 4) is 0 Å². The number of aliphatic carboxylic acids is 1. The predicted molar refractivity (Wildman–Crippen MR) is 68.4 cm³/mol. The number of carbonyl (C=O) groups is 2. The lowest BCUT2D eigenvalue weighted by molar-refractivity contribution is -0.138. The molecule has 18 heavy (non-hydrogen) atoms.